The highest BCUT2D eigenvalue weighted by Gasteiger charge is 2.25. The largest absolute Gasteiger partial charge is 0.321 e. The standard InChI is InChI=1S/C13H11ClIN6P/c14-10-7-17-11-12(18-10)21(22-15)19-13(11)20-6-2-3-8-9(20)4-1-5-16-8/h1,4-5,7,22H,2-3,6H2. The van der Waals surface area contributed by atoms with E-state index in [2.05, 4.69) is 48.0 Å². The van der Waals surface area contributed by atoms with Crippen molar-refractivity contribution in [2.75, 3.05) is 11.4 Å². The molecule has 0 N–H and O–H groups in total. The monoisotopic (exact) mass is 444 g/mol. The van der Waals surface area contributed by atoms with Gasteiger partial charge in [0.1, 0.15) is 5.15 Å². The summed E-state index contributed by atoms with van der Waals surface area (Å²) in [5.41, 5.74) is 3.72. The second-order valence-corrected chi connectivity index (χ2v) is 7.34. The van der Waals surface area contributed by atoms with Crippen LogP contribution >= 0.6 is 40.0 Å². The van der Waals surface area contributed by atoms with Gasteiger partial charge in [0.05, 0.1) is 24.0 Å². The molecule has 3 aromatic rings. The number of anilines is 2. The minimum absolute atomic E-state index is 0.385. The summed E-state index contributed by atoms with van der Waals surface area (Å²) in [5.74, 6) is 0.831. The first kappa shape index (κ1) is 14.5. The van der Waals surface area contributed by atoms with E-state index in [0.29, 0.717) is 11.5 Å². The molecule has 0 saturated heterocycles. The fourth-order valence-electron chi connectivity index (χ4n) is 2.71. The van der Waals surface area contributed by atoms with Crippen molar-refractivity contribution in [3.05, 3.63) is 35.4 Å². The zero-order valence-electron chi connectivity index (χ0n) is 11.4. The topological polar surface area (TPSA) is 59.7 Å². The predicted octanol–water partition coefficient (Wildman–Crippen LogP) is 3.75. The molecule has 0 radical (unpaired) electrons. The average molecular weight is 445 g/mol. The summed E-state index contributed by atoms with van der Waals surface area (Å²) in [6.07, 6.45) is 5.90. The number of halogens is 2. The summed E-state index contributed by atoms with van der Waals surface area (Å²) in [7, 11) is 0. The molecule has 9 heteroatoms. The van der Waals surface area contributed by atoms with Crippen molar-refractivity contribution >= 4 is 62.7 Å². The third-order valence-corrected chi connectivity index (χ3v) is 5.64. The molecule has 6 nitrogen and oxygen atoms in total. The van der Waals surface area contributed by atoms with Crippen LogP contribution in [0.3, 0.4) is 0 Å². The van der Waals surface area contributed by atoms with E-state index in [1.54, 1.807) is 6.20 Å². The molecule has 4 rings (SSSR count). The van der Waals surface area contributed by atoms with Crippen molar-refractivity contribution in [2.24, 2.45) is 0 Å². The molecule has 0 spiro atoms. The number of pyridine rings is 1. The fourth-order valence-corrected chi connectivity index (χ4v) is 4.21. The van der Waals surface area contributed by atoms with Gasteiger partial charge < -0.3 is 4.90 Å². The Kier molecular flexibility index (Phi) is 3.88. The summed E-state index contributed by atoms with van der Waals surface area (Å²) in [6, 6.07) is 4.04. The average Bonchev–Trinajstić information content (AvgIpc) is 2.92. The van der Waals surface area contributed by atoms with Crippen molar-refractivity contribution in [1.29, 1.82) is 0 Å². The van der Waals surface area contributed by atoms with Gasteiger partial charge in [0.2, 0.25) is 0 Å². The lowest BCUT2D eigenvalue weighted by Crippen LogP contribution is -2.25. The minimum Gasteiger partial charge on any atom is -0.321 e. The van der Waals surface area contributed by atoms with Crippen molar-refractivity contribution in [3.63, 3.8) is 0 Å². The Labute approximate surface area is 146 Å². The molecule has 22 heavy (non-hydrogen) atoms. The lowest BCUT2D eigenvalue weighted by molar-refractivity contribution is 0.737. The van der Waals surface area contributed by atoms with E-state index < -0.39 is 0 Å². The quantitative estimate of drug-likeness (QED) is 0.445. The van der Waals surface area contributed by atoms with Crippen LogP contribution in [0.4, 0.5) is 11.5 Å². The van der Waals surface area contributed by atoms with Crippen LogP contribution in [0, 0.1) is 0 Å². The molecular weight excluding hydrogens is 434 g/mol. The van der Waals surface area contributed by atoms with Gasteiger partial charge in [-0.15, -0.1) is 5.10 Å². The molecule has 0 bridgehead atoms. The van der Waals surface area contributed by atoms with Gasteiger partial charge >= 0.3 is 0 Å². The lowest BCUT2D eigenvalue weighted by Gasteiger charge is -2.28. The third kappa shape index (κ3) is 2.35. The van der Waals surface area contributed by atoms with Crippen LogP contribution in [-0.4, -0.2) is 31.0 Å². The molecule has 112 valence electrons. The Balaban J connectivity index is 1.92. The molecule has 1 aliphatic rings. The van der Waals surface area contributed by atoms with Crippen LogP contribution < -0.4 is 4.90 Å². The molecule has 1 unspecified atom stereocenters. The predicted molar refractivity (Wildman–Crippen MR) is 97.6 cm³/mol. The Morgan fingerprint density at radius 2 is 2.23 bits per heavy atom. The number of aryl methyl sites for hydroxylation is 1. The molecule has 0 fully saturated rings. The molecule has 1 atom stereocenters. The maximum Gasteiger partial charge on any atom is 0.184 e. The van der Waals surface area contributed by atoms with Crippen LogP contribution in [0.25, 0.3) is 11.2 Å². The van der Waals surface area contributed by atoms with E-state index >= 15 is 0 Å². The number of aromatic nitrogens is 5. The van der Waals surface area contributed by atoms with Gasteiger partial charge in [-0.1, -0.05) is 11.6 Å². The van der Waals surface area contributed by atoms with Crippen molar-refractivity contribution in [1.82, 2.24) is 24.5 Å². The summed E-state index contributed by atoms with van der Waals surface area (Å²) in [5, 5.41) is 5.09. The molecule has 0 saturated carbocycles. The molecule has 0 aromatic carbocycles. The highest BCUT2D eigenvalue weighted by molar-refractivity contribution is 14.2. The van der Waals surface area contributed by atoms with Gasteiger partial charge in [0.25, 0.3) is 0 Å². The van der Waals surface area contributed by atoms with Crippen molar-refractivity contribution < 1.29 is 0 Å². The summed E-state index contributed by atoms with van der Waals surface area (Å²) in [6.45, 7) is 0.902. The molecule has 3 aromatic heterocycles. The zero-order chi connectivity index (χ0) is 15.1. The second-order valence-electron chi connectivity index (χ2n) is 4.91. The van der Waals surface area contributed by atoms with Crippen LogP contribution in [0.15, 0.2) is 24.5 Å². The Hall–Kier alpha value is -1.05. The number of hydrogen-bond acceptors (Lipinski definition) is 5. The smallest absolute Gasteiger partial charge is 0.184 e. The maximum absolute atomic E-state index is 5.99. The molecular formula is C13H11ClIN6P. The highest BCUT2D eigenvalue weighted by Crippen LogP contribution is 2.37. The lowest BCUT2D eigenvalue weighted by atomic mass is 10.1. The van der Waals surface area contributed by atoms with E-state index in [-0.39, 0.29) is 0 Å². The third-order valence-electron chi connectivity index (χ3n) is 3.62. The number of fused-ring (bicyclic) bond motifs is 2. The first-order chi connectivity index (χ1) is 10.8. The zero-order valence-corrected chi connectivity index (χ0v) is 15.3. The van der Waals surface area contributed by atoms with Gasteiger partial charge in [-0.25, -0.2) is 14.4 Å². The SMILES string of the molecule is Clc1cnc2c(N3CCCc4ncccc43)nn(PI)c2n1. The molecule has 0 aliphatic carbocycles. The summed E-state index contributed by atoms with van der Waals surface area (Å²) in [4.78, 5) is 15.5. The Bertz CT molecular complexity index is 854. The van der Waals surface area contributed by atoms with Crippen LogP contribution in [0.2, 0.25) is 5.15 Å². The Morgan fingerprint density at radius 1 is 1.32 bits per heavy atom. The molecule has 4 heterocycles. The first-order valence-corrected chi connectivity index (χ1v) is 11.2. The van der Waals surface area contributed by atoms with Gasteiger partial charge in [-0.2, -0.15) is 0 Å². The van der Waals surface area contributed by atoms with Crippen molar-refractivity contribution in [3.8, 4) is 0 Å². The van der Waals surface area contributed by atoms with Gasteiger partial charge in [-0.3, -0.25) is 4.98 Å². The fraction of sp³-hybridized carbons (Fsp3) is 0.231. The van der Waals surface area contributed by atoms with E-state index in [1.807, 2.05) is 16.7 Å². The Morgan fingerprint density at radius 3 is 3.09 bits per heavy atom. The first-order valence-electron chi connectivity index (χ1n) is 6.77. The minimum atomic E-state index is 0.385. The van der Waals surface area contributed by atoms with Crippen molar-refractivity contribution in [2.45, 2.75) is 12.8 Å². The number of nitrogens with zero attached hydrogens (tertiary/aromatic N) is 6. The maximum atomic E-state index is 5.99. The van der Waals surface area contributed by atoms with Crippen LogP contribution in [-0.2, 0) is 6.42 Å². The van der Waals surface area contributed by atoms with E-state index in [4.69, 9.17) is 16.7 Å². The molecule has 1 aliphatic heterocycles. The van der Waals surface area contributed by atoms with Gasteiger partial charge in [-0.05, 0) is 47.0 Å². The normalized spacial score (nSPS) is 14.9. The van der Waals surface area contributed by atoms with E-state index in [1.165, 1.54) is 0 Å². The van der Waals surface area contributed by atoms with Gasteiger partial charge in [0, 0.05) is 12.7 Å². The highest BCUT2D eigenvalue weighted by atomic mass is 127. The number of hydrogen-bond donors (Lipinski definition) is 0. The number of rotatable bonds is 2. The van der Waals surface area contributed by atoms with E-state index in [9.17, 15) is 0 Å². The van der Waals surface area contributed by atoms with Crippen LogP contribution in [0.5, 0.6) is 0 Å². The molecule has 0 amide bonds. The van der Waals surface area contributed by atoms with Gasteiger partial charge in [0.15, 0.2) is 17.0 Å². The van der Waals surface area contributed by atoms with Crippen LogP contribution in [0.1, 0.15) is 12.1 Å². The summed E-state index contributed by atoms with van der Waals surface area (Å²) >= 11 is 8.27. The van der Waals surface area contributed by atoms with E-state index in [0.717, 1.165) is 47.7 Å². The summed E-state index contributed by atoms with van der Waals surface area (Å²) < 4.78 is 1.86. The second kappa shape index (κ2) is 5.86.